The Morgan fingerprint density at radius 2 is 2.22 bits per heavy atom. The number of aromatic nitrogens is 1. The van der Waals surface area contributed by atoms with Crippen molar-refractivity contribution in [2.75, 3.05) is 5.73 Å². The van der Waals surface area contributed by atoms with Gasteiger partial charge in [-0.2, -0.15) is 4.39 Å². The number of rotatable bonds is 0. The molecule has 1 heterocycles. The third-order valence-electron chi connectivity index (χ3n) is 0.839. The standard InChI is InChI=1S/C5H4ClFN2/c6-3-1-2-4(7)9-5(3)8/h1-2H,(H2,8,9). The van der Waals surface area contributed by atoms with E-state index in [1.807, 2.05) is 0 Å². The van der Waals surface area contributed by atoms with E-state index in [9.17, 15) is 4.39 Å². The fourth-order valence-electron chi connectivity index (χ4n) is 0.433. The molecule has 2 N–H and O–H groups in total. The number of nitrogens with two attached hydrogens (primary N) is 1. The lowest BCUT2D eigenvalue weighted by Crippen LogP contribution is -1.92. The van der Waals surface area contributed by atoms with Crippen LogP contribution in [0.15, 0.2) is 12.1 Å². The van der Waals surface area contributed by atoms with Gasteiger partial charge in [0.05, 0.1) is 5.02 Å². The number of pyridine rings is 1. The predicted molar refractivity (Wildman–Crippen MR) is 33.6 cm³/mol. The molecule has 0 unspecified atom stereocenters. The van der Waals surface area contributed by atoms with Gasteiger partial charge in [0.1, 0.15) is 5.82 Å². The van der Waals surface area contributed by atoms with E-state index in [-0.39, 0.29) is 10.8 Å². The zero-order valence-electron chi connectivity index (χ0n) is 4.44. The maximum absolute atomic E-state index is 12.1. The summed E-state index contributed by atoms with van der Waals surface area (Å²) in [5.74, 6) is -0.589. The normalized spacial score (nSPS) is 9.56. The van der Waals surface area contributed by atoms with Crippen LogP contribution in [0.3, 0.4) is 0 Å². The topological polar surface area (TPSA) is 38.9 Å². The van der Waals surface area contributed by atoms with E-state index in [1.165, 1.54) is 6.07 Å². The van der Waals surface area contributed by atoms with Crippen LogP contribution in [0.5, 0.6) is 0 Å². The molecule has 4 heteroatoms. The number of nitrogens with zero attached hydrogens (tertiary/aromatic N) is 1. The minimum Gasteiger partial charge on any atom is -0.382 e. The lowest BCUT2D eigenvalue weighted by molar-refractivity contribution is 0.586. The molecule has 0 spiro atoms. The van der Waals surface area contributed by atoms with Crippen LogP contribution in [0.1, 0.15) is 0 Å². The molecule has 0 fully saturated rings. The molecule has 0 atom stereocenters. The zero-order valence-corrected chi connectivity index (χ0v) is 5.19. The SMILES string of the molecule is Nc1nc(F)ccc1Cl. The Labute approximate surface area is 56.5 Å². The Morgan fingerprint density at radius 1 is 1.56 bits per heavy atom. The van der Waals surface area contributed by atoms with Crippen LogP contribution in [-0.4, -0.2) is 4.98 Å². The highest BCUT2D eigenvalue weighted by Crippen LogP contribution is 2.14. The first-order valence-electron chi connectivity index (χ1n) is 2.27. The Morgan fingerprint density at radius 3 is 2.67 bits per heavy atom. The molecule has 0 aliphatic heterocycles. The van der Waals surface area contributed by atoms with Crippen LogP contribution in [0.25, 0.3) is 0 Å². The van der Waals surface area contributed by atoms with Crippen molar-refractivity contribution in [2.24, 2.45) is 0 Å². The van der Waals surface area contributed by atoms with E-state index >= 15 is 0 Å². The summed E-state index contributed by atoms with van der Waals surface area (Å²) in [5.41, 5.74) is 5.14. The summed E-state index contributed by atoms with van der Waals surface area (Å²) in [7, 11) is 0. The summed E-state index contributed by atoms with van der Waals surface area (Å²) in [6.45, 7) is 0. The first-order chi connectivity index (χ1) is 4.20. The minimum absolute atomic E-state index is 0.0247. The number of hydrogen-bond donors (Lipinski definition) is 1. The fourth-order valence-corrected chi connectivity index (χ4v) is 0.538. The molecule has 1 aromatic rings. The van der Waals surface area contributed by atoms with Crippen molar-refractivity contribution in [3.63, 3.8) is 0 Å². The van der Waals surface area contributed by atoms with Crippen molar-refractivity contribution in [3.05, 3.63) is 23.1 Å². The van der Waals surface area contributed by atoms with Gasteiger partial charge in [0.25, 0.3) is 0 Å². The van der Waals surface area contributed by atoms with E-state index in [0.717, 1.165) is 6.07 Å². The molecule has 0 bridgehead atoms. The second kappa shape index (κ2) is 2.19. The molecule has 0 amide bonds. The Kier molecular flexibility index (Phi) is 1.53. The van der Waals surface area contributed by atoms with E-state index in [1.54, 1.807) is 0 Å². The summed E-state index contributed by atoms with van der Waals surface area (Å²) in [5, 5.41) is 0.274. The van der Waals surface area contributed by atoms with Gasteiger partial charge in [-0.25, -0.2) is 4.98 Å². The summed E-state index contributed by atoms with van der Waals surface area (Å²) < 4.78 is 12.1. The van der Waals surface area contributed by atoms with Gasteiger partial charge in [-0.05, 0) is 12.1 Å². The van der Waals surface area contributed by atoms with Gasteiger partial charge >= 0.3 is 0 Å². The van der Waals surface area contributed by atoms with Crippen LogP contribution in [0.4, 0.5) is 10.2 Å². The Hall–Kier alpha value is -0.830. The third-order valence-corrected chi connectivity index (χ3v) is 1.16. The summed E-state index contributed by atoms with van der Waals surface area (Å²) in [6.07, 6.45) is 0. The van der Waals surface area contributed by atoms with Gasteiger partial charge in [-0.15, -0.1) is 0 Å². The number of anilines is 1. The van der Waals surface area contributed by atoms with Crippen LogP contribution in [0.2, 0.25) is 5.02 Å². The summed E-state index contributed by atoms with van der Waals surface area (Å²) in [4.78, 5) is 3.25. The second-order valence-corrected chi connectivity index (χ2v) is 1.91. The first kappa shape index (κ1) is 6.29. The van der Waals surface area contributed by atoms with E-state index in [2.05, 4.69) is 4.98 Å². The van der Waals surface area contributed by atoms with Crippen LogP contribution < -0.4 is 5.73 Å². The molecule has 0 aliphatic rings. The minimum atomic E-state index is -0.614. The van der Waals surface area contributed by atoms with Crippen LogP contribution in [0, 0.1) is 5.95 Å². The molecule has 48 valence electrons. The van der Waals surface area contributed by atoms with Crippen molar-refractivity contribution < 1.29 is 4.39 Å². The fraction of sp³-hybridized carbons (Fsp3) is 0. The lowest BCUT2D eigenvalue weighted by atomic mass is 10.5. The van der Waals surface area contributed by atoms with Crippen molar-refractivity contribution in [1.29, 1.82) is 0 Å². The van der Waals surface area contributed by atoms with E-state index in [0.29, 0.717) is 0 Å². The van der Waals surface area contributed by atoms with E-state index in [4.69, 9.17) is 17.3 Å². The van der Waals surface area contributed by atoms with Crippen molar-refractivity contribution >= 4 is 17.4 Å². The smallest absolute Gasteiger partial charge is 0.214 e. The van der Waals surface area contributed by atoms with Crippen LogP contribution >= 0.6 is 11.6 Å². The predicted octanol–water partition coefficient (Wildman–Crippen LogP) is 1.46. The Balaban J connectivity index is 3.17. The molecule has 0 saturated carbocycles. The zero-order chi connectivity index (χ0) is 6.85. The molecule has 9 heavy (non-hydrogen) atoms. The maximum atomic E-state index is 12.1. The third kappa shape index (κ3) is 1.29. The van der Waals surface area contributed by atoms with Gasteiger partial charge in [-0.3, -0.25) is 0 Å². The summed E-state index contributed by atoms with van der Waals surface area (Å²) in [6, 6.07) is 2.51. The van der Waals surface area contributed by atoms with Gasteiger partial charge in [0, 0.05) is 0 Å². The highest BCUT2D eigenvalue weighted by atomic mass is 35.5. The molecule has 1 rings (SSSR count). The molecule has 2 nitrogen and oxygen atoms in total. The molecular formula is C5H4ClFN2. The average molecular weight is 147 g/mol. The quantitative estimate of drug-likeness (QED) is 0.563. The largest absolute Gasteiger partial charge is 0.382 e. The first-order valence-corrected chi connectivity index (χ1v) is 2.65. The van der Waals surface area contributed by atoms with E-state index < -0.39 is 5.95 Å². The maximum Gasteiger partial charge on any atom is 0.214 e. The second-order valence-electron chi connectivity index (χ2n) is 1.50. The number of halogens is 2. The lowest BCUT2D eigenvalue weighted by Gasteiger charge is -1.92. The Bertz CT molecular complexity index is 226. The number of hydrogen-bond acceptors (Lipinski definition) is 2. The molecule has 0 aliphatic carbocycles. The van der Waals surface area contributed by atoms with Gasteiger partial charge in [0.15, 0.2) is 0 Å². The highest BCUT2D eigenvalue weighted by Gasteiger charge is 1.96. The van der Waals surface area contributed by atoms with Gasteiger partial charge in [-0.1, -0.05) is 11.6 Å². The average Bonchev–Trinajstić information content (AvgIpc) is 1.80. The monoisotopic (exact) mass is 146 g/mol. The highest BCUT2D eigenvalue weighted by molar-refractivity contribution is 6.32. The van der Waals surface area contributed by atoms with Gasteiger partial charge < -0.3 is 5.73 Å². The molecule has 1 aromatic heterocycles. The molecule has 0 radical (unpaired) electrons. The van der Waals surface area contributed by atoms with Gasteiger partial charge in [0.2, 0.25) is 5.95 Å². The molecular weight excluding hydrogens is 143 g/mol. The number of nitrogen functional groups attached to an aromatic ring is 1. The van der Waals surface area contributed by atoms with Crippen LogP contribution in [-0.2, 0) is 0 Å². The van der Waals surface area contributed by atoms with Crippen molar-refractivity contribution in [1.82, 2.24) is 4.98 Å². The molecule has 0 aromatic carbocycles. The van der Waals surface area contributed by atoms with Crippen molar-refractivity contribution in [2.45, 2.75) is 0 Å². The summed E-state index contributed by atoms with van der Waals surface area (Å²) >= 11 is 5.43. The van der Waals surface area contributed by atoms with Crippen molar-refractivity contribution in [3.8, 4) is 0 Å². The molecule has 0 saturated heterocycles.